The Morgan fingerprint density at radius 2 is 1.80 bits per heavy atom. The summed E-state index contributed by atoms with van der Waals surface area (Å²) in [5.74, 6) is 0.256. The molecule has 6 nitrogen and oxygen atoms in total. The van der Waals surface area contributed by atoms with Crippen molar-refractivity contribution in [3.8, 4) is 11.5 Å². The van der Waals surface area contributed by atoms with E-state index in [4.69, 9.17) is 9.47 Å². The number of hydrogen-bond donors (Lipinski definition) is 2. The predicted octanol–water partition coefficient (Wildman–Crippen LogP) is 3.10. The molecule has 0 fully saturated rings. The molecule has 0 bridgehead atoms. The van der Waals surface area contributed by atoms with Crippen LogP contribution >= 0.6 is 11.3 Å². The molecule has 1 aromatic heterocycles. The first-order chi connectivity index (χ1) is 12.0. The van der Waals surface area contributed by atoms with Gasteiger partial charge in [-0.15, -0.1) is 11.3 Å². The summed E-state index contributed by atoms with van der Waals surface area (Å²) >= 11 is 1.41. The van der Waals surface area contributed by atoms with E-state index in [2.05, 4.69) is 10.9 Å². The molecule has 0 unspecified atom stereocenters. The number of hydrazine groups is 1. The Labute approximate surface area is 151 Å². The van der Waals surface area contributed by atoms with Crippen molar-refractivity contribution in [1.82, 2.24) is 10.9 Å². The second-order valence-corrected chi connectivity index (χ2v) is 6.51. The molecule has 1 aromatic carbocycles. The molecule has 1 heterocycles. The van der Waals surface area contributed by atoms with Crippen molar-refractivity contribution in [1.29, 1.82) is 0 Å². The zero-order valence-corrected chi connectivity index (χ0v) is 15.6. The molecule has 0 saturated heterocycles. The van der Waals surface area contributed by atoms with Crippen LogP contribution in [0.2, 0.25) is 0 Å². The normalized spacial score (nSPS) is 10.2. The summed E-state index contributed by atoms with van der Waals surface area (Å²) < 4.78 is 10.6. The first kappa shape index (κ1) is 18.8. The lowest BCUT2D eigenvalue weighted by molar-refractivity contribution is 0.0848. The number of aryl methyl sites for hydroxylation is 2. The average molecular weight is 362 g/mol. The van der Waals surface area contributed by atoms with Crippen LogP contribution in [0.25, 0.3) is 0 Å². The van der Waals surface area contributed by atoms with Crippen molar-refractivity contribution >= 4 is 23.2 Å². The largest absolute Gasteiger partial charge is 0.493 e. The number of benzene rings is 1. The Morgan fingerprint density at radius 3 is 2.40 bits per heavy atom. The van der Waals surface area contributed by atoms with Crippen LogP contribution in [0, 0.1) is 6.92 Å². The number of thiophene rings is 1. The summed E-state index contributed by atoms with van der Waals surface area (Å²) in [6.07, 6.45) is 0.869. The van der Waals surface area contributed by atoms with Gasteiger partial charge >= 0.3 is 0 Å². The minimum atomic E-state index is -0.432. The van der Waals surface area contributed by atoms with E-state index in [1.165, 1.54) is 18.4 Å². The smallest absolute Gasteiger partial charge is 0.279 e. The quantitative estimate of drug-likeness (QED) is 0.774. The van der Waals surface area contributed by atoms with Crippen LogP contribution in [0.4, 0.5) is 0 Å². The van der Waals surface area contributed by atoms with Crippen LogP contribution in [0.3, 0.4) is 0 Å². The Hall–Kier alpha value is -2.54. The third-order valence-corrected chi connectivity index (χ3v) is 4.73. The third-order valence-electron chi connectivity index (χ3n) is 3.64. The molecule has 0 atom stereocenters. The first-order valence-electron chi connectivity index (χ1n) is 8.00. The highest BCUT2D eigenvalue weighted by atomic mass is 32.1. The molecule has 0 radical (unpaired) electrons. The van der Waals surface area contributed by atoms with Gasteiger partial charge in [0.1, 0.15) is 0 Å². The summed E-state index contributed by atoms with van der Waals surface area (Å²) in [7, 11) is 1.51. The zero-order chi connectivity index (χ0) is 18.4. The minimum absolute atomic E-state index is 0.334. The van der Waals surface area contributed by atoms with Crippen LogP contribution in [0.15, 0.2) is 24.3 Å². The fourth-order valence-corrected chi connectivity index (χ4v) is 3.32. The summed E-state index contributed by atoms with van der Waals surface area (Å²) in [5, 5.41) is 0. The molecule has 0 aliphatic heterocycles. The van der Waals surface area contributed by atoms with E-state index >= 15 is 0 Å². The van der Waals surface area contributed by atoms with Crippen LogP contribution < -0.4 is 20.3 Å². The molecule has 7 heteroatoms. The molecule has 25 heavy (non-hydrogen) atoms. The zero-order valence-electron chi connectivity index (χ0n) is 14.8. The lowest BCUT2D eigenvalue weighted by atomic mass is 10.2. The number of ether oxygens (including phenoxy) is 2. The summed E-state index contributed by atoms with van der Waals surface area (Å²) in [6, 6.07) is 6.69. The van der Waals surface area contributed by atoms with Crippen LogP contribution in [0.5, 0.6) is 11.5 Å². The van der Waals surface area contributed by atoms with Gasteiger partial charge in [-0.1, -0.05) is 6.92 Å². The SMILES string of the molecule is CCOc1ccc(C(=O)NNC(=O)c2cc(CC)c(C)s2)cc1OC. The molecule has 2 amide bonds. The summed E-state index contributed by atoms with van der Waals surface area (Å²) in [6.45, 7) is 6.38. The van der Waals surface area contributed by atoms with Crippen molar-refractivity contribution in [2.24, 2.45) is 0 Å². The Morgan fingerprint density at radius 1 is 1.08 bits per heavy atom. The van der Waals surface area contributed by atoms with E-state index in [0.29, 0.717) is 28.5 Å². The van der Waals surface area contributed by atoms with Gasteiger partial charge in [0.05, 0.1) is 18.6 Å². The summed E-state index contributed by atoms with van der Waals surface area (Å²) in [4.78, 5) is 26.1. The molecule has 0 spiro atoms. The number of carbonyl (C=O) groups is 2. The van der Waals surface area contributed by atoms with Gasteiger partial charge in [0.15, 0.2) is 11.5 Å². The number of amides is 2. The second kappa shape index (κ2) is 8.53. The first-order valence-corrected chi connectivity index (χ1v) is 8.82. The van der Waals surface area contributed by atoms with Crippen LogP contribution in [0.1, 0.15) is 44.3 Å². The van der Waals surface area contributed by atoms with Crippen LogP contribution in [-0.4, -0.2) is 25.5 Å². The van der Waals surface area contributed by atoms with Gasteiger partial charge in [-0.2, -0.15) is 0 Å². The van der Waals surface area contributed by atoms with Gasteiger partial charge in [0, 0.05) is 10.4 Å². The van der Waals surface area contributed by atoms with Crippen molar-refractivity contribution in [2.75, 3.05) is 13.7 Å². The maximum atomic E-state index is 12.2. The number of rotatable bonds is 6. The highest BCUT2D eigenvalue weighted by Crippen LogP contribution is 2.28. The van der Waals surface area contributed by atoms with Gasteiger partial charge in [0.2, 0.25) is 0 Å². The molecule has 2 aromatic rings. The number of hydrogen-bond acceptors (Lipinski definition) is 5. The topological polar surface area (TPSA) is 76.7 Å². The highest BCUT2D eigenvalue weighted by molar-refractivity contribution is 7.14. The second-order valence-electron chi connectivity index (χ2n) is 5.25. The van der Waals surface area contributed by atoms with E-state index < -0.39 is 5.91 Å². The van der Waals surface area contributed by atoms with Crippen LogP contribution in [-0.2, 0) is 6.42 Å². The highest BCUT2D eigenvalue weighted by Gasteiger charge is 2.14. The van der Waals surface area contributed by atoms with Gasteiger partial charge in [-0.3, -0.25) is 20.4 Å². The summed E-state index contributed by atoms with van der Waals surface area (Å²) in [5.41, 5.74) is 6.35. The fourth-order valence-electron chi connectivity index (χ4n) is 2.31. The maximum Gasteiger partial charge on any atom is 0.279 e. The maximum absolute atomic E-state index is 12.2. The average Bonchev–Trinajstić information content (AvgIpc) is 3.00. The van der Waals surface area contributed by atoms with E-state index in [1.54, 1.807) is 18.2 Å². The van der Waals surface area contributed by atoms with Gasteiger partial charge in [0.25, 0.3) is 11.8 Å². The number of nitrogens with one attached hydrogen (secondary N) is 2. The van der Waals surface area contributed by atoms with Gasteiger partial charge < -0.3 is 9.47 Å². The van der Waals surface area contributed by atoms with E-state index in [9.17, 15) is 9.59 Å². The molecule has 0 aliphatic rings. The van der Waals surface area contributed by atoms with Gasteiger partial charge in [-0.25, -0.2) is 0 Å². The molecule has 0 aliphatic carbocycles. The standard InChI is InChI=1S/C18H22N2O4S/c1-5-12-10-16(25-11(12)3)18(22)20-19-17(21)13-7-8-14(24-6-2)15(9-13)23-4/h7-10H,5-6H2,1-4H3,(H,19,21)(H,20,22). The molecule has 2 N–H and O–H groups in total. The molecular weight excluding hydrogens is 340 g/mol. The molecular formula is C18H22N2O4S. The van der Waals surface area contributed by atoms with E-state index in [-0.39, 0.29) is 5.91 Å². The van der Waals surface area contributed by atoms with E-state index in [1.807, 2.05) is 26.8 Å². The number of methoxy groups -OCH3 is 1. The Balaban J connectivity index is 2.03. The van der Waals surface area contributed by atoms with Crippen molar-refractivity contribution in [2.45, 2.75) is 27.2 Å². The third kappa shape index (κ3) is 4.51. The van der Waals surface area contributed by atoms with E-state index in [0.717, 1.165) is 16.9 Å². The van der Waals surface area contributed by atoms with Crippen molar-refractivity contribution in [3.63, 3.8) is 0 Å². The minimum Gasteiger partial charge on any atom is -0.493 e. The molecule has 134 valence electrons. The Bertz CT molecular complexity index is 770. The lowest BCUT2D eigenvalue weighted by Crippen LogP contribution is -2.41. The fraction of sp³-hybridized carbons (Fsp3) is 0.333. The van der Waals surface area contributed by atoms with Gasteiger partial charge in [-0.05, 0) is 50.1 Å². The number of carbonyl (C=O) groups excluding carboxylic acids is 2. The molecule has 2 rings (SSSR count). The van der Waals surface area contributed by atoms with Crippen molar-refractivity contribution < 1.29 is 19.1 Å². The Kier molecular flexibility index (Phi) is 6.41. The monoisotopic (exact) mass is 362 g/mol. The van der Waals surface area contributed by atoms with Crippen molar-refractivity contribution in [3.05, 3.63) is 45.1 Å². The predicted molar refractivity (Wildman–Crippen MR) is 97.5 cm³/mol. The molecule has 0 saturated carbocycles. The lowest BCUT2D eigenvalue weighted by Gasteiger charge is -2.11.